The monoisotopic (exact) mass is 561 g/mol. The molecule has 41 heavy (non-hydrogen) atoms. The van der Waals surface area contributed by atoms with Gasteiger partial charge in [0.1, 0.15) is 11.6 Å². The number of likely N-dealkylation sites (tertiary alicyclic amines) is 1. The van der Waals surface area contributed by atoms with Gasteiger partial charge in [-0.2, -0.15) is 10.1 Å². The first kappa shape index (κ1) is 27.2. The summed E-state index contributed by atoms with van der Waals surface area (Å²) in [6.07, 6.45) is 3.87. The van der Waals surface area contributed by atoms with Gasteiger partial charge in [-0.1, -0.05) is 23.4 Å². The summed E-state index contributed by atoms with van der Waals surface area (Å²) in [5, 5.41) is 8.55. The van der Waals surface area contributed by atoms with E-state index in [2.05, 4.69) is 29.9 Å². The molecule has 0 spiro atoms. The maximum absolute atomic E-state index is 13.7. The van der Waals surface area contributed by atoms with Crippen LogP contribution in [0.5, 0.6) is 0 Å². The summed E-state index contributed by atoms with van der Waals surface area (Å²) in [5.41, 5.74) is 1.79. The molecule has 0 atom stereocenters. The summed E-state index contributed by atoms with van der Waals surface area (Å²) in [6.45, 7) is 8.59. The molecule has 0 amide bonds. The number of benzene rings is 2. The molecule has 214 valence electrons. The minimum Gasteiger partial charge on any atom is -0.322 e. The first-order valence-corrected chi connectivity index (χ1v) is 14.2. The van der Waals surface area contributed by atoms with Crippen LogP contribution < -0.4 is 10.5 Å². The fourth-order valence-electron chi connectivity index (χ4n) is 5.55. The number of anilines is 1. The summed E-state index contributed by atoms with van der Waals surface area (Å²) in [4.78, 5) is 24.4. The van der Waals surface area contributed by atoms with Gasteiger partial charge in [0.25, 0.3) is 5.56 Å². The van der Waals surface area contributed by atoms with E-state index in [4.69, 9.17) is 4.52 Å². The lowest BCUT2D eigenvalue weighted by Crippen LogP contribution is -2.47. The van der Waals surface area contributed by atoms with Crippen molar-refractivity contribution in [2.75, 3.05) is 57.3 Å². The van der Waals surface area contributed by atoms with Crippen LogP contribution in [0.1, 0.15) is 24.8 Å². The van der Waals surface area contributed by atoms with Crippen molar-refractivity contribution in [1.82, 2.24) is 29.7 Å². The van der Waals surface area contributed by atoms with Crippen LogP contribution in [0.15, 0.2) is 63.9 Å². The zero-order valence-corrected chi connectivity index (χ0v) is 22.9. The molecule has 2 fully saturated rings. The Morgan fingerprint density at radius 1 is 0.805 bits per heavy atom. The summed E-state index contributed by atoms with van der Waals surface area (Å²) in [5.74, 6) is -0.942. The average Bonchev–Trinajstić information content (AvgIpc) is 3.67. The number of rotatable bonds is 9. The second-order valence-corrected chi connectivity index (χ2v) is 10.7. The Kier molecular flexibility index (Phi) is 8.15. The van der Waals surface area contributed by atoms with Gasteiger partial charge < -0.3 is 14.3 Å². The summed E-state index contributed by atoms with van der Waals surface area (Å²) >= 11 is 0. The van der Waals surface area contributed by atoms with E-state index in [0.717, 1.165) is 49.9 Å². The van der Waals surface area contributed by atoms with Crippen LogP contribution in [-0.2, 0) is 6.54 Å². The number of nitrogens with zero attached hydrogens (tertiary/aromatic N) is 7. The molecule has 0 radical (unpaired) electrons. The van der Waals surface area contributed by atoms with Crippen molar-refractivity contribution >= 4 is 6.01 Å². The SMILES string of the molecule is O=c1ccc(-c2cc(F)cc(F)c2)nn1Cc1cccc(-c2noc(N3CCN(CCCN4CCCC4)CC3)n2)c1. The molecule has 2 aromatic heterocycles. The molecule has 9 nitrogen and oxygen atoms in total. The molecule has 2 aromatic carbocycles. The van der Waals surface area contributed by atoms with E-state index in [9.17, 15) is 13.6 Å². The minimum atomic E-state index is -0.707. The largest absolute Gasteiger partial charge is 0.324 e. The lowest BCUT2D eigenvalue weighted by Gasteiger charge is -2.33. The molecule has 6 rings (SSSR count). The average molecular weight is 562 g/mol. The van der Waals surface area contributed by atoms with Gasteiger partial charge in [-0.25, -0.2) is 13.5 Å². The van der Waals surface area contributed by atoms with Crippen LogP contribution in [0.3, 0.4) is 0 Å². The number of hydrogen-bond acceptors (Lipinski definition) is 8. The van der Waals surface area contributed by atoms with Crippen LogP contribution in [0.25, 0.3) is 22.6 Å². The number of halogens is 2. The normalized spacial score (nSPS) is 16.5. The van der Waals surface area contributed by atoms with Crippen molar-refractivity contribution < 1.29 is 13.3 Å². The third-order valence-corrected chi connectivity index (χ3v) is 7.75. The predicted molar refractivity (Wildman–Crippen MR) is 152 cm³/mol. The number of piperazine rings is 1. The Bertz CT molecular complexity index is 1520. The Morgan fingerprint density at radius 2 is 1.54 bits per heavy atom. The fraction of sp³-hybridized carbons (Fsp3) is 0.400. The minimum absolute atomic E-state index is 0.169. The smallest absolute Gasteiger partial charge is 0.322 e. The van der Waals surface area contributed by atoms with E-state index in [1.807, 2.05) is 24.3 Å². The van der Waals surface area contributed by atoms with Gasteiger partial charge in [0.05, 0.1) is 12.2 Å². The Labute approximate surface area is 237 Å². The van der Waals surface area contributed by atoms with Crippen LogP contribution in [0, 0.1) is 11.6 Å². The first-order valence-electron chi connectivity index (χ1n) is 14.2. The van der Waals surface area contributed by atoms with E-state index in [0.29, 0.717) is 17.5 Å². The predicted octanol–water partition coefficient (Wildman–Crippen LogP) is 3.89. The van der Waals surface area contributed by atoms with Gasteiger partial charge in [-0.05, 0) is 75.3 Å². The van der Waals surface area contributed by atoms with Crippen molar-refractivity contribution in [1.29, 1.82) is 0 Å². The van der Waals surface area contributed by atoms with Gasteiger partial charge in [0.15, 0.2) is 0 Å². The molecule has 0 aliphatic carbocycles. The molecule has 11 heteroatoms. The highest BCUT2D eigenvalue weighted by atomic mass is 19.1. The van der Waals surface area contributed by atoms with Crippen molar-refractivity contribution in [3.05, 3.63) is 82.1 Å². The first-order chi connectivity index (χ1) is 20.0. The Morgan fingerprint density at radius 3 is 2.29 bits per heavy atom. The molecular weight excluding hydrogens is 528 g/mol. The fourth-order valence-corrected chi connectivity index (χ4v) is 5.55. The summed E-state index contributed by atoms with van der Waals surface area (Å²) < 4.78 is 34.3. The van der Waals surface area contributed by atoms with E-state index in [1.165, 1.54) is 67.8 Å². The van der Waals surface area contributed by atoms with E-state index in [-0.39, 0.29) is 17.7 Å². The van der Waals surface area contributed by atoms with E-state index >= 15 is 0 Å². The van der Waals surface area contributed by atoms with Gasteiger partial charge in [0, 0.05) is 49.4 Å². The van der Waals surface area contributed by atoms with Crippen molar-refractivity contribution in [3.63, 3.8) is 0 Å². The Hall–Kier alpha value is -3.96. The van der Waals surface area contributed by atoms with E-state index in [1.54, 1.807) is 0 Å². The van der Waals surface area contributed by atoms with Gasteiger partial charge in [-0.15, -0.1) is 0 Å². The molecule has 2 saturated heterocycles. The number of hydrogen-bond donors (Lipinski definition) is 0. The molecule has 0 unspecified atom stereocenters. The quantitative estimate of drug-likeness (QED) is 0.305. The standard InChI is InChI=1S/C30H33F2N7O2/c31-25-18-24(19-26(32)20-25)27-7-8-28(40)39(34-27)21-22-5-3-6-23(17-22)29-33-30(41-35-29)38-15-13-37(14-16-38)12-4-11-36-9-1-2-10-36/h3,5-8,17-20H,1-2,4,9-16,21H2. The maximum Gasteiger partial charge on any atom is 0.324 e. The third kappa shape index (κ3) is 6.68. The molecule has 2 aliphatic heterocycles. The second-order valence-electron chi connectivity index (χ2n) is 10.7. The molecule has 4 aromatic rings. The summed E-state index contributed by atoms with van der Waals surface area (Å²) in [6, 6.07) is 14.0. The topological polar surface area (TPSA) is 83.5 Å². The zero-order valence-electron chi connectivity index (χ0n) is 22.9. The lowest BCUT2D eigenvalue weighted by atomic mass is 10.1. The highest BCUT2D eigenvalue weighted by molar-refractivity contribution is 5.59. The van der Waals surface area contributed by atoms with Gasteiger partial charge in [0.2, 0.25) is 5.82 Å². The number of aromatic nitrogens is 4. The summed E-state index contributed by atoms with van der Waals surface area (Å²) in [7, 11) is 0. The molecule has 0 N–H and O–H groups in total. The third-order valence-electron chi connectivity index (χ3n) is 7.75. The molecule has 4 heterocycles. The lowest BCUT2D eigenvalue weighted by molar-refractivity contribution is 0.229. The van der Waals surface area contributed by atoms with Crippen LogP contribution in [0.4, 0.5) is 14.8 Å². The van der Waals surface area contributed by atoms with Gasteiger partial charge >= 0.3 is 6.01 Å². The van der Waals surface area contributed by atoms with Crippen LogP contribution in [0.2, 0.25) is 0 Å². The van der Waals surface area contributed by atoms with E-state index < -0.39 is 11.6 Å². The molecule has 0 saturated carbocycles. The molecular formula is C30H33F2N7O2. The molecule has 2 aliphatic rings. The molecule has 0 bridgehead atoms. The highest BCUT2D eigenvalue weighted by Gasteiger charge is 2.22. The second kappa shape index (κ2) is 12.3. The van der Waals surface area contributed by atoms with Crippen molar-refractivity contribution in [2.24, 2.45) is 0 Å². The Balaban J connectivity index is 1.08. The van der Waals surface area contributed by atoms with Crippen LogP contribution in [-0.4, -0.2) is 82.1 Å². The highest BCUT2D eigenvalue weighted by Crippen LogP contribution is 2.23. The van der Waals surface area contributed by atoms with Crippen molar-refractivity contribution in [3.8, 4) is 22.6 Å². The maximum atomic E-state index is 13.7. The zero-order chi connectivity index (χ0) is 28.2. The van der Waals surface area contributed by atoms with Crippen molar-refractivity contribution in [2.45, 2.75) is 25.8 Å². The van der Waals surface area contributed by atoms with Crippen LogP contribution >= 0.6 is 0 Å². The van der Waals surface area contributed by atoms with Gasteiger partial charge in [-0.3, -0.25) is 9.69 Å².